The number of hydrogen-bond acceptors (Lipinski definition) is 6. The third kappa shape index (κ3) is 3.15. The summed E-state index contributed by atoms with van der Waals surface area (Å²) in [5, 5.41) is 0. The van der Waals surface area contributed by atoms with Gasteiger partial charge in [-0.25, -0.2) is 4.98 Å². The molecule has 7 heteroatoms. The van der Waals surface area contributed by atoms with Gasteiger partial charge in [0.1, 0.15) is 27.4 Å². The molecule has 3 rings (SSSR count). The fourth-order valence-electron chi connectivity index (χ4n) is 2.54. The molecule has 1 heterocycles. The Balaban J connectivity index is 2.13. The maximum absolute atomic E-state index is 6.00. The van der Waals surface area contributed by atoms with E-state index in [-0.39, 0.29) is 0 Å². The summed E-state index contributed by atoms with van der Waals surface area (Å²) in [7, 11) is 4.76. The summed E-state index contributed by atoms with van der Waals surface area (Å²) in [6.45, 7) is 0. The first kappa shape index (κ1) is 17.2. The number of methoxy groups -OCH3 is 3. The lowest BCUT2D eigenvalue weighted by Crippen LogP contribution is -1.94. The molecule has 0 saturated heterocycles. The zero-order valence-electron chi connectivity index (χ0n) is 14.0. The van der Waals surface area contributed by atoms with Gasteiger partial charge in [0.15, 0.2) is 12.2 Å². The summed E-state index contributed by atoms with van der Waals surface area (Å²) < 4.78 is 22.3. The number of hydrogen-bond donors (Lipinski definition) is 1. The van der Waals surface area contributed by atoms with Crippen molar-refractivity contribution in [3.63, 3.8) is 0 Å². The fraction of sp³-hybridized carbons (Fsp3) is 0.167. The Kier molecular flexibility index (Phi) is 4.85. The van der Waals surface area contributed by atoms with E-state index in [0.717, 1.165) is 15.6 Å². The number of benzene rings is 2. The van der Waals surface area contributed by atoms with Crippen molar-refractivity contribution in [1.82, 2.24) is 4.98 Å². The van der Waals surface area contributed by atoms with Crippen LogP contribution in [0.15, 0.2) is 45.6 Å². The molecule has 130 valence electrons. The lowest BCUT2D eigenvalue weighted by molar-refractivity contribution is 0.390. The Morgan fingerprint density at radius 2 is 1.56 bits per heavy atom. The van der Waals surface area contributed by atoms with Crippen LogP contribution in [0.5, 0.6) is 17.2 Å². The molecule has 6 nitrogen and oxygen atoms in total. The zero-order valence-corrected chi connectivity index (χ0v) is 15.6. The minimum Gasteiger partial charge on any atom is -0.495 e. The Morgan fingerprint density at radius 1 is 0.920 bits per heavy atom. The van der Waals surface area contributed by atoms with Gasteiger partial charge in [0.25, 0.3) is 0 Å². The molecule has 0 aliphatic carbocycles. The van der Waals surface area contributed by atoms with Crippen molar-refractivity contribution >= 4 is 21.6 Å². The molecule has 0 spiro atoms. The van der Waals surface area contributed by atoms with Gasteiger partial charge in [-0.15, -0.1) is 0 Å². The predicted molar refractivity (Wildman–Crippen MR) is 99.1 cm³/mol. The van der Waals surface area contributed by atoms with Crippen LogP contribution < -0.4 is 19.9 Å². The highest BCUT2D eigenvalue weighted by Gasteiger charge is 2.18. The number of anilines is 1. The van der Waals surface area contributed by atoms with Crippen molar-refractivity contribution in [3.05, 3.63) is 41.2 Å². The Morgan fingerprint density at radius 3 is 2.12 bits per heavy atom. The number of oxazole rings is 1. The molecular weight excluding hydrogens is 388 g/mol. The maximum Gasteiger partial charge on any atom is 0.182 e. The molecule has 2 aromatic carbocycles. The number of rotatable bonds is 5. The predicted octanol–water partition coefficient (Wildman–Crippen LogP) is 4.38. The van der Waals surface area contributed by atoms with Crippen molar-refractivity contribution in [3.8, 4) is 39.8 Å². The average Bonchev–Trinajstić information content (AvgIpc) is 3.11. The molecule has 0 fully saturated rings. The van der Waals surface area contributed by atoms with Gasteiger partial charge in [0, 0.05) is 11.1 Å². The highest BCUT2D eigenvalue weighted by molar-refractivity contribution is 9.10. The highest BCUT2D eigenvalue weighted by atomic mass is 79.9. The Hall–Kier alpha value is -2.67. The van der Waals surface area contributed by atoms with Gasteiger partial charge in [-0.05, 0) is 46.3 Å². The molecule has 25 heavy (non-hydrogen) atoms. The van der Waals surface area contributed by atoms with E-state index in [1.165, 1.54) is 6.39 Å². The third-order valence-electron chi connectivity index (χ3n) is 3.78. The second kappa shape index (κ2) is 7.06. The molecule has 0 saturated carbocycles. The minimum absolute atomic E-state index is 0.522. The summed E-state index contributed by atoms with van der Waals surface area (Å²) in [5.41, 5.74) is 8.79. The molecule has 1 aromatic heterocycles. The van der Waals surface area contributed by atoms with Gasteiger partial charge in [0.05, 0.1) is 27.0 Å². The molecule has 0 aliphatic heterocycles. The van der Waals surface area contributed by atoms with Gasteiger partial charge in [-0.2, -0.15) is 0 Å². The number of nitrogens with two attached hydrogens (primary N) is 1. The van der Waals surface area contributed by atoms with Gasteiger partial charge >= 0.3 is 0 Å². The average molecular weight is 405 g/mol. The fourth-order valence-corrected chi connectivity index (χ4v) is 3.09. The van der Waals surface area contributed by atoms with Crippen molar-refractivity contribution in [2.24, 2.45) is 0 Å². The molecule has 2 N–H and O–H groups in total. The van der Waals surface area contributed by atoms with E-state index in [0.29, 0.717) is 34.4 Å². The van der Waals surface area contributed by atoms with Crippen LogP contribution in [0, 0.1) is 0 Å². The van der Waals surface area contributed by atoms with E-state index in [4.69, 9.17) is 24.4 Å². The van der Waals surface area contributed by atoms with Crippen LogP contribution >= 0.6 is 15.9 Å². The topological polar surface area (TPSA) is 79.7 Å². The number of halogens is 1. The first-order chi connectivity index (χ1) is 12.1. The van der Waals surface area contributed by atoms with Crippen LogP contribution in [0.25, 0.3) is 22.6 Å². The van der Waals surface area contributed by atoms with Crippen LogP contribution in [0.3, 0.4) is 0 Å². The lowest BCUT2D eigenvalue weighted by Gasteiger charge is -2.11. The monoisotopic (exact) mass is 404 g/mol. The molecular formula is C18H17BrN2O4. The van der Waals surface area contributed by atoms with Gasteiger partial charge in [0.2, 0.25) is 0 Å². The quantitative estimate of drug-likeness (QED) is 0.635. The first-order valence-electron chi connectivity index (χ1n) is 7.38. The number of nitrogen functional groups attached to an aromatic ring is 1. The van der Waals surface area contributed by atoms with Crippen molar-refractivity contribution < 1.29 is 18.6 Å². The van der Waals surface area contributed by atoms with Gasteiger partial charge in [-0.1, -0.05) is 0 Å². The van der Waals surface area contributed by atoms with Crippen molar-refractivity contribution in [2.45, 2.75) is 0 Å². The Bertz CT molecular complexity index is 883. The zero-order chi connectivity index (χ0) is 18.0. The van der Waals surface area contributed by atoms with Gasteiger partial charge in [-0.3, -0.25) is 0 Å². The molecule has 0 amide bonds. The van der Waals surface area contributed by atoms with E-state index in [2.05, 4.69) is 20.9 Å². The SMILES string of the molecule is COc1ccc(-c2ocnc2-c2cc(OC)c(Br)c(OC)c2)cc1N. The van der Waals surface area contributed by atoms with Crippen LogP contribution in [0.1, 0.15) is 0 Å². The largest absolute Gasteiger partial charge is 0.495 e. The summed E-state index contributed by atoms with van der Waals surface area (Å²) in [6.07, 6.45) is 1.39. The smallest absolute Gasteiger partial charge is 0.182 e. The Labute approximate surface area is 153 Å². The van der Waals surface area contributed by atoms with Crippen LogP contribution in [-0.4, -0.2) is 26.3 Å². The standard InChI is InChI=1S/C18H17BrN2O4/c1-22-13-5-4-10(6-12(13)20)18-17(21-9-25-18)11-7-14(23-2)16(19)15(8-11)24-3/h4-9H,20H2,1-3H3. The second-order valence-corrected chi connectivity index (χ2v) is 5.97. The van der Waals surface area contributed by atoms with E-state index in [1.54, 1.807) is 33.5 Å². The number of ether oxygens (including phenoxy) is 3. The summed E-state index contributed by atoms with van der Waals surface area (Å²) >= 11 is 3.46. The first-order valence-corrected chi connectivity index (χ1v) is 8.17. The van der Waals surface area contributed by atoms with Crippen LogP contribution in [-0.2, 0) is 0 Å². The highest BCUT2D eigenvalue weighted by Crippen LogP contribution is 2.41. The third-order valence-corrected chi connectivity index (χ3v) is 4.56. The summed E-state index contributed by atoms with van der Waals surface area (Å²) in [5.74, 6) is 2.48. The molecule has 0 atom stereocenters. The molecule has 0 aliphatic rings. The van der Waals surface area contributed by atoms with Crippen LogP contribution in [0.2, 0.25) is 0 Å². The van der Waals surface area contributed by atoms with Gasteiger partial charge < -0.3 is 24.4 Å². The lowest BCUT2D eigenvalue weighted by atomic mass is 10.0. The van der Waals surface area contributed by atoms with E-state index >= 15 is 0 Å². The minimum atomic E-state index is 0.522. The van der Waals surface area contributed by atoms with E-state index in [9.17, 15) is 0 Å². The number of nitrogens with zero attached hydrogens (tertiary/aromatic N) is 1. The summed E-state index contributed by atoms with van der Waals surface area (Å²) in [6, 6.07) is 9.17. The maximum atomic E-state index is 6.00. The molecule has 0 bridgehead atoms. The van der Waals surface area contributed by atoms with Crippen molar-refractivity contribution in [1.29, 1.82) is 0 Å². The number of aromatic nitrogens is 1. The second-order valence-electron chi connectivity index (χ2n) is 5.18. The van der Waals surface area contributed by atoms with Crippen LogP contribution in [0.4, 0.5) is 5.69 Å². The van der Waals surface area contributed by atoms with Crippen molar-refractivity contribution in [2.75, 3.05) is 27.1 Å². The molecule has 0 unspecified atom stereocenters. The molecule has 3 aromatic rings. The molecule has 0 radical (unpaired) electrons. The van der Waals surface area contributed by atoms with E-state index in [1.807, 2.05) is 18.2 Å². The normalized spacial score (nSPS) is 10.6. The summed E-state index contributed by atoms with van der Waals surface area (Å²) in [4.78, 5) is 4.35. The van der Waals surface area contributed by atoms with E-state index < -0.39 is 0 Å².